The van der Waals surface area contributed by atoms with Crippen molar-refractivity contribution in [2.24, 2.45) is 0 Å². The lowest BCUT2D eigenvalue weighted by Crippen LogP contribution is -2.39. The Labute approximate surface area is 169 Å². The predicted octanol–water partition coefficient (Wildman–Crippen LogP) is 3.92. The van der Waals surface area contributed by atoms with Gasteiger partial charge < -0.3 is 14.4 Å². The van der Waals surface area contributed by atoms with Gasteiger partial charge in [-0.25, -0.2) is 4.39 Å². The second-order valence-electron chi connectivity index (χ2n) is 7.69. The third kappa shape index (κ3) is 4.27. The van der Waals surface area contributed by atoms with Gasteiger partial charge in [-0.1, -0.05) is 24.3 Å². The monoisotopic (exact) mass is 396 g/mol. The average Bonchev–Trinajstić information content (AvgIpc) is 3.35. The van der Waals surface area contributed by atoms with Crippen LogP contribution in [0, 0.1) is 0 Å². The Morgan fingerprint density at radius 2 is 2.14 bits per heavy atom. The number of furan rings is 1. The summed E-state index contributed by atoms with van der Waals surface area (Å²) in [5.41, 5.74) is 2.51. The van der Waals surface area contributed by atoms with Crippen LogP contribution < -0.4 is 0 Å². The van der Waals surface area contributed by atoms with Crippen LogP contribution in [0.2, 0.25) is 0 Å². The van der Waals surface area contributed by atoms with Crippen molar-refractivity contribution in [2.45, 2.75) is 25.1 Å². The number of halogens is 1. The molecule has 4 rings (SSSR count). The van der Waals surface area contributed by atoms with Crippen molar-refractivity contribution >= 4 is 16.9 Å². The zero-order valence-corrected chi connectivity index (χ0v) is 16.4. The van der Waals surface area contributed by atoms with Crippen molar-refractivity contribution in [3.8, 4) is 5.75 Å². The van der Waals surface area contributed by atoms with Gasteiger partial charge in [-0.3, -0.25) is 9.69 Å². The van der Waals surface area contributed by atoms with E-state index in [2.05, 4.69) is 0 Å². The molecule has 1 aromatic heterocycles. The maximum Gasteiger partial charge on any atom is 0.227 e. The number of alkyl halides is 1. The van der Waals surface area contributed by atoms with E-state index in [-0.39, 0.29) is 24.1 Å². The van der Waals surface area contributed by atoms with Gasteiger partial charge in [-0.15, -0.1) is 0 Å². The van der Waals surface area contributed by atoms with Crippen molar-refractivity contribution in [2.75, 3.05) is 26.7 Å². The van der Waals surface area contributed by atoms with Gasteiger partial charge in [0.25, 0.3) is 0 Å². The van der Waals surface area contributed by atoms with E-state index < -0.39 is 6.17 Å². The third-order valence-electron chi connectivity index (χ3n) is 5.69. The Bertz CT molecular complexity index is 1000. The number of likely N-dealkylation sites (tertiary alicyclic amines) is 1. The highest BCUT2D eigenvalue weighted by molar-refractivity contribution is 5.87. The number of hydrogen-bond donors (Lipinski definition) is 1. The van der Waals surface area contributed by atoms with Crippen LogP contribution in [-0.4, -0.2) is 53.7 Å². The minimum Gasteiger partial charge on any atom is -0.508 e. The van der Waals surface area contributed by atoms with Crippen LogP contribution in [0.25, 0.3) is 11.0 Å². The summed E-state index contributed by atoms with van der Waals surface area (Å²) >= 11 is 0. The van der Waals surface area contributed by atoms with Crippen LogP contribution >= 0.6 is 0 Å². The van der Waals surface area contributed by atoms with Crippen molar-refractivity contribution in [1.29, 1.82) is 0 Å². The fourth-order valence-corrected chi connectivity index (χ4v) is 4.05. The molecule has 29 heavy (non-hydrogen) atoms. The van der Waals surface area contributed by atoms with E-state index in [0.717, 1.165) is 22.1 Å². The molecule has 0 aliphatic carbocycles. The smallest absolute Gasteiger partial charge is 0.227 e. The molecule has 6 heteroatoms. The first-order valence-corrected chi connectivity index (χ1v) is 9.87. The molecule has 1 fully saturated rings. The number of carbonyl (C=O) groups excluding carboxylic acids is 1. The van der Waals surface area contributed by atoms with Gasteiger partial charge in [0, 0.05) is 32.1 Å². The summed E-state index contributed by atoms with van der Waals surface area (Å²) in [4.78, 5) is 16.9. The molecule has 152 valence electrons. The summed E-state index contributed by atoms with van der Waals surface area (Å²) in [6.07, 6.45) is 1.57. The third-order valence-corrected chi connectivity index (χ3v) is 5.69. The zero-order chi connectivity index (χ0) is 20.4. The quantitative estimate of drug-likeness (QED) is 0.686. The van der Waals surface area contributed by atoms with Crippen LogP contribution in [0.15, 0.2) is 59.2 Å². The molecular formula is C23H25FN2O3. The first kappa shape index (κ1) is 19.5. The number of amides is 1. The molecule has 1 N–H and O–H groups in total. The van der Waals surface area contributed by atoms with Crippen LogP contribution in [0.1, 0.15) is 23.6 Å². The summed E-state index contributed by atoms with van der Waals surface area (Å²) in [6, 6.07) is 14.2. The largest absolute Gasteiger partial charge is 0.508 e. The molecule has 0 radical (unpaired) electrons. The lowest BCUT2D eigenvalue weighted by Gasteiger charge is -2.32. The van der Waals surface area contributed by atoms with Crippen molar-refractivity contribution < 1.29 is 18.7 Å². The van der Waals surface area contributed by atoms with Crippen LogP contribution in [0.4, 0.5) is 4.39 Å². The Morgan fingerprint density at radius 3 is 2.90 bits per heavy atom. The Balaban J connectivity index is 1.57. The van der Waals surface area contributed by atoms with E-state index in [1.165, 1.54) is 0 Å². The molecule has 2 atom stereocenters. The number of phenols is 1. The lowest BCUT2D eigenvalue weighted by atomic mass is 10.0. The summed E-state index contributed by atoms with van der Waals surface area (Å²) in [6.45, 7) is 1.58. The predicted molar refractivity (Wildman–Crippen MR) is 109 cm³/mol. The zero-order valence-electron chi connectivity index (χ0n) is 16.4. The Morgan fingerprint density at radius 1 is 1.31 bits per heavy atom. The minimum absolute atomic E-state index is 0.0389. The topological polar surface area (TPSA) is 56.9 Å². The summed E-state index contributed by atoms with van der Waals surface area (Å²) in [5, 5.41) is 10.9. The second-order valence-corrected chi connectivity index (χ2v) is 7.69. The number of likely N-dealkylation sites (N-methyl/N-ethyl adjacent to an activating group) is 1. The molecule has 1 amide bonds. The molecule has 1 saturated heterocycles. The summed E-state index contributed by atoms with van der Waals surface area (Å²) in [5.74, 6) is 0.115. The van der Waals surface area contributed by atoms with Crippen molar-refractivity contribution in [1.82, 2.24) is 9.80 Å². The number of rotatable bonds is 6. The lowest BCUT2D eigenvalue weighted by molar-refractivity contribution is -0.131. The number of aromatic hydroxyl groups is 1. The van der Waals surface area contributed by atoms with E-state index in [1.54, 1.807) is 36.4 Å². The normalized spacial score (nSPS) is 18.2. The first-order valence-electron chi connectivity index (χ1n) is 9.87. The van der Waals surface area contributed by atoms with Crippen LogP contribution in [0.3, 0.4) is 0 Å². The highest BCUT2D eigenvalue weighted by atomic mass is 19.1. The summed E-state index contributed by atoms with van der Waals surface area (Å²) in [7, 11) is 1.77. The number of nitrogens with zero attached hydrogens (tertiary/aromatic N) is 2. The highest BCUT2D eigenvalue weighted by Crippen LogP contribution is 2.27. The number of carbonyl (C=O) groups is 1. The highest BCUT2D eigenvalue weighted by Gasteiger charge is 2.29. The van der Waals surface area contributed by atoms with Crippen molar-refractivity contribution in [3.05, 3.63) is 65.9 Å². The second kappa shape index (κ2) is 8.25. The fraction of sp³-hybridized carbons (Fsp3) is 0.348. The molecule has 1 aliphatic heterocycles. The average molecular weight is 396 g/mol. The molecule has 5 nitrogen and oxygen atoms in total. The van der Waals surface area contributed by atoms with Gasteiger partial charge in [0.15, 0.2) is 0 Å². The molecule has 0 saturated carbocycles. The van der Waals surface area contributed by atoms with Crippen molar-refractivity contribution in [3.63, 3.8) is 0 Å². The van der Waals surface area contributed by atoms with Crippen LogP contribution in [0.5, 0.6) is 5.75 Å². The fourth-order valence-electron chi connectivity index (χ4n) is 4.05. The Kier molecular flexibility index (Phi) is 5.53. The number of fused-ring (bicyclic) bond motifs is 1. The molecule has 0 spiro atoms. The van der Waals surface area contributed by atoms with E-state index in [1.807, 2.05) is 35.2 Å². The van der Waals surface area contributed by atoms with Gasteiger partial charge in [-0.2, -0.15) is 0 Å². The maximum absolute atomic E-state index is 13.7. The van der Waals surface area contributed by atoms with Gasteiger partial charge >= 0.3 is 0 Å². The molecule has 0 unspecified atom stereocenters. The SMILES string of the molecule is CN(C(=O)Cc1cccc2occc12)[C@H](CN1CC[C@H](F)C1)c1cccc(O)c1. The molecule has 2 heterocycles. The number of hydrogen-bond acceptors (Lipinski definition) is 4. The summed E-state index contributed by atoms with van der Waals surface area (Å²) < 4.78 is 19.1. The standard InChI is InChI=1S/C23H25FN2O3/c1-25(23(28)13-16-4-3-7-22-20(16)9-11-29-22)21(15-26-10-8-18(24)14-26)17-5-2-6-19(27)12-17/h2-7,9,11-12,18,21,27H,8,10,13-15H2,1H3/t18-,21+/m0/s1. The van der Waals surface area contributed by atoms with E-state index in [9.17, 15) is 14.3 Å². The number of benzene rings is 2. The Hall–Kier alpha value is -2.86. The van der Waals surface area contributed by atoms with Gasteiger partial charge in [0.2, 0.25) is 5.91 Å². The first-order chi connectivity index (χ1) is 14.0. The molecular weight excluding hydrogens is 371 g/mol. The van der Waals surface area contributed by atoms with Crippen LogP contribution in [-0.2, 0) is 11.2 Å². The van der Waals surface area contributed by atoms with Gasteiger partial charge in [-0.05, 0) is 41.8 Å². The molecule has 2 aromatic carbocycles. The van der Waals surface area contributed by atoms with E-state index >= 15 is 0 Å². The minimum atomic E-state index is -0.820. The van der Waals surface area contributed by atoms with Gasteiger partial charge in [0.05, 0.1) is 18.7 Å². The van der Waals surface area contributed by atoms with Gasteiger partial charge in [0.1, 0.15) is 17.5 Å². The molecule has 1 aliphatic rings. The van der Waals surface area contributed by atoms with E-state index in [4.69, 9.17) is 4.42 Å². The maximum atomic E-state index is 13.7. The number of phenolic OH excluding ortho intramolecular Hbond substituents is 1. The van der Waals surface area contributed by atoms with E-state index in [0.29, 0.717) is 26.1 Å². The molecule has 0 bridgehead atoms. The molecule has 3 aromatic rings.